The Kier molecular flexibility index (Phi) is 4.61. The predicted molar refractivity (Wildman–Crippen MR) is 85.0 cm³/mol. The molecule has 0 aromatic carbocycles. The van der Waals surface area contributed by atoms with Crippen LogP contribution >= 0.6 is 0 Å². The zero-order chi connectivity index (χ0) is 18.4. The van der Waals surface area contributed by atoms with Crippen LogP contribution in [0.3, 0.4) is 0 Å². The van der Waals surface area contributed by atoms with Crippen LogP contribution < -0.4 is 5.56 Å². The number of aromatic nitrogens is 4. The molecule has 2 N–H and O–H groups in total. The number of aliphatic hydroxyl groups excluding tert-OH is 1. The minimum absolute atomic E-state index is 0.0228. The summed E-state index contributed by atoms with van der Waals surface area (Å²) in [6.45, 7) is 3.13. The van der Waals surface area contributed by atoms with Gasteiger partial charge in [-0.05, 0) is 45.4 Å². The maximum Gasteiger partial charge on any atom is 0.391 e. The molecule has 0 bridgehead atoms. The fourth-order valence-corrected chi connectivity index (χ4v) is 3.75. The third-order valence-electron chi connectivity index (χ3n) is 5.21. The molecule has 6 nitrogen and oxygen atoms in total. The third kappa shape index (κ3) is 3.29. The molecule has 0 radical (unpaired) electrons. The van der Waals surface area contributed by atoms with Crippen LogP contribution in [-0.4, -0.2) is 31.0 Å². The van der Waals surface area contributed by atoms with Gasteiger partial charge in [-0.3, -0.25) is 4.79 Å². The van der Waals surface area contributed by atoms with Gasteiger partial charge in [-0.2, -0.15) is 18.3 Å². The molecule has 0 spiro atoms. The molecular weight excluding hydrogens is 337 g/mol. The number of nitrogens with one attached hydrogen (secondary N) is 1. The molecule has 1 saturated carbocycles. The minimum atomic E-state index is -4.14. The molecule has 0 amide bonds. The van der Waals surface area contributed by atoms with Gasteiger partial charge in [-0.15, -0.1) is 0 Å². The van der Waals surface area contributed by atoms with Crippen molar-refractivity contribution in [1.82, 2.24) is 19.7 Å². The Morgan fingerprint density at radius 2 is 1.96 bits per heavy atom. The van der Waals surface area contributed by atoms with E-state index in [1.54, 1.807) is 11.6 Å². The average molecular weight is 358 g/mol. The topological polar surface area (TPSA) is 83.8 Å². The van der Waals surface area contributed by atoms with E-state index in [9.17, 15) is 23.1 Å². The summed E-state index contributed by atoms with van der Waals surface area (Å²) in [6, 6.07) is -0.203. The van der Waals surface area contributed by atoms with Crippen LogP contribution in [0.5, 0.6) is 0 Å². The summed E-state index contributed by atoms with van der Waals surface area (Å²) in [7, 11) is 0. The van der Waals surface area contributed by atoms with E-state index >= 15 is 0 Å². The molecule has 9 heteroatoms. The summed E-state index contributed by atoms with van der Waals surface area (Å²) < 4.78 is 40.1. The normalized spacial score (nSPS) is 23.1. The maximum atomic E-state index is 12.8. The molecule has 1 atom stereocenters. The first-order chi connectivity index (χ1) is 11.7. The zero-order valence-electron chi connectivity index (χ0n) is 14.1. The lowest BCUT2D eigenvalue weighted by Crippen LogP contribution is -2.30. The van der Waals surface area contributed by atoms with Crippen molar-refractivity contribution in [2.75, 3.05) is 0 Å². The van der Waals surface area contributed by atoms with Crippen LogP contribution in [-0.2, 0) is 6.61 Å². The molecular formula is C16H21F3N4O2. The number of fused-ring (bicyclic) bond motifs is 1. The van der Waals surface area contributed by atoms with E-state index in [-0.39, 0.29) is 41.4 Å². The monoisotopic (exact) mass is 358 g/mol. The van der Waals surface area contributed by atoms with Gasteiger partial charge in [0.1, 0.15) is 16.9 Å². The summed E-state index contributed by atoms with van der Waals surface area (Å²) in [5.74, 6) is -0.785. The van der Waals surface area contributed by atoms with E-state index in [0.717, 1.165) is 0 Å². The lowest BCUT2D eigenvalue weighted by atomic mass is 9.78. The second-order valence-electron chi connectivity index (χ2n) is 6.79. The molecule has 0 unspecified atom stereocenters. The fourth-order valence-electron chi connectivity index (χ4n) is 3.75. The van der Waals surface area contributed by atoms with Crippen molar-refractivity contribution in [2.24, 2.45) is 11.8 Å². The van der Waals surface area contributed by atoms with Crippen molar-refractivity contribution in [1.29, 1.82) is 0 Å². The zero-order valence-corrected chi connectivity index (χ0v) is 14.1. The SMILES string of the molecule is Cc1nc2c(c(CO)nn2[C@@H](C)C2CCC(C(F)(F)F)CC2)c(=O)[nH]1. The number of H-pyrrole nitrogens is 1. The first-order valence-electron chi connectivity index (χ1n) is 8.38. The highest BCUT2D eigenvalue weighted by Gasteiger charge is 2.42. The van der Waals surface area contributed by atoms with Crippen LogP contribution in [0.2, 0.25) is 0 Å². The molecule has 1 aliphatic rings. The van der Waals surface area contributed by atoms with Gasteiger partial charge in [0.15, 0.2) is 5.65 Å². The van der Waals surface area contributed by atoms with Crippen LogP contribution in [0.25, 0.3) is 11.0 Å². The van der Waals surface area contributed by atoms with Gasteiger partial charge in [0.2, 0.25) is 0 Å². The van der Waals surface area contributed by atoms with Crippen molar-refractivity contribution in [3.8, 4) is 0 Å². The number of nitrogens with zero attached hydrogens (tertiary/aromatic N) is 3. The summed E-state index contributed by atoms with van der Waals surface area (Å²) in [5.41, 5.74) is 0.237. The van der Waals surface area contributed by atoms with Gasteiger partial charge in [-0.1, -0.05) is 0 Å². The highest BCUT2D eigenvalue weighted by atomic mass is 19.4. The number of rotatable bonds is 3. The summed E-state index contributed by atoms with van der Waals surface area (Å²) in [4.78, 5) is 19.1. The molecule has 2 aromatic rings. The van der Waals surface area contributed by atoms with Crippen molar-refractivity contribution < 1.29 is 18.3 Å². The number of halogens is 3. The van der Waals surface area contributed by atoms with Gasteiger partial charge in [0.25, 0.3) is 5.56 Å². The Morgan fingerprint density at radius 3 is 2.52 bits per heavy atom. The number of hydrogen-bond donors (Lipinski definition) is 2. The van der Waals surface area contributed by atoms with E-state index < -0.39 is 18.7 Å². The van der Waals surface area contributed by atoms with E-state index in [2.05, 4.69) is 15.1 Å². The summed E-state index contributed by atoms with van der Waals surface area (Å²) in [5, 5.41) is 14.0. The Bertz CT molecular complexity index is 819. The minimum Gasteiger partial charge on any atom is -0.390 e. The molecule has 3 rings (SSSR count). The molecule has 2 aromatic heterocycles. The van der Waals surface area contributed by atoms with Gasteiger partial charge in [-0.25, -0.2) is 9.67 Å². The van der Waals surface area contributed by atoms with Gasteiger partial charge in [0, 0.05) is 0 Å². The standard InChI is InChI=1S/C16H21F3N4O2/c1-8(10-3-5-11(6-4-10)16(17,18)19)23-14-13(12(7-24)22-23)15(25)21-9(2)20-14/h8,10-11,24H,3-7H2,1-2H3,(H,20,21,25)/t8-,10?,11?/m0/s1. The number of aryl methyl sites for hydroxylation is 1. The second-order valence-corrected chi connectivity index (χ2v) is 6.79. The molecule has 138 valence electrons. The smallest absolute Gasteiger partial charge is 0.390 e. The third-order valence-corrected chi connectivity index (χ3v) is 5.21. The Labute approximate surface area is 142 Å². The van der Waals surface area contributed by atoms with E-state index in [0.29, 0.717) is 24.3 Å². The predicted octanol–water partition coefficient (Wildman–Crippen LogP) is 2.85. The second kappa shape index (κ2) is 6.44. The first kappa shape index (κ1) is 17.9. The van der Waals surface area contributed by atoms with Crippen LogP contribution in [0.1, 0.15) is 50.2 Å². The van der Waals surface area contributed by atoms with Crippen molar-refractivity contribution >= 4 is 11.0 Å². The van der Waals surface area contributed by atoms with E-state index in [1.807, 2.05) is 6.92 Å². The molecule has 25 heavy (non-hydrogen) atoms. The van der Waals surface area contributed by atoms with Gasteiger partial charge < -0.3 is 10.1 Å². The Hall–Kier alpha value is -1.90. The highest BCUT2D eigenvalue weighted by Crippen LogP contribution is 2.42. The molecule has 1 aliphatic carbocycles. The Balaban J connectivity index is 1.91. The Morgan fingerprint density at radius 1 is 1.32 bits per heavy atom. The van der Waals surface area contributed by atoms with Crippen molar-refractivity contribution in [3.63, 3.8) is 0 Å². The van der Waals surface area contributed by atoms with E-state index in [1.165, 1.54) is 0 Å². The quantitative estimate of drug-likeness (QED) is 0.884. The van der Waals surface area contributed by atoms with Crippen LogP contribution in [0.4, 0.5) is 13.2 Å². The largest absolute Gasteiger partial charge is 0.391 e. The molecule has 1 fully saturated rings. The average Bonchev–Trinajstić information content (AvgIpc) is 2.92. The lowest BCUT2D eigenvalue weighted by molar-refractivity contribution is -0.184. The number of aliphatic hydroxyl groups is 1. The summed E-state index contributed by atoms with van der Waals surface area (Å²) >= 11 is 0. The maximum absolute atomic E-state index is 12.8. The fraction of sp³-hybridized carbons (Fsp3) is 0.688. The number of alkyl halides is 3. The van der Waals surface area contributed by atoms with Gasteiger partial charge >= 0.3 is 6.18 Å². The van der Waals surface area contributed by atoms with Crippen LogP contribution in [0.15, 0.2) is 4.79 Å². The van der Waals surface area contributed by atoms with Crippen molar-refractivity contribution in [3.05, 3.63) is 21.9 Å². The highest BCUT2D eigenvalue weighted by molar-refractivity contribution is 5.77. The van der Waals surface area contributed by atoms with Gasteiger partial charge in [0.05, 0.1) is 18.6 Å². The number of hydrogen-bond acceptors (Lipinski definition) is 4. The van der Waals surface area contributed by atoms with E-state index in [4.69, 9.17) is 0 Å². The summed E-state index contributed by atoms with van der Waals surface area (Å²) in [6.07, 6.45) is -3.02. The number of aromatic amines is 1. The molecule has 0 saturated heterocycles. The lowest BCUT2D eigenvalue weighted by Gasteiger charge is -2.33. The van der Waals surface area contributed by atoms with Crippen LogP contribution in [0, 0.1) is 18.8 Å². The molecule has 0 aliphatic heterocycles. The molecule has 2 heterocycles. The first-order valence-corrected chi connectivity index (χ1v) is 8.38. The van der Waals surface area contributed by atoms with Crippen molar-refractivity contribution in [2.45, 2.75) is 58.4 Å².